The summed E-state index contributed by atoms with van der Waals surface area (Å²) in [4.78, 5) is 24.4. The average Bonchev–Trinajstić information content (AvgIpc) is 2.44. The highest BCUT2D eigenvalue weighted by atomic mass is 32.1. The first kappa shape index (κ1) is 16.4. The van der Waals surface area contributed by atoms with Gasteiger partial charge in [-0.25, -0.2) is 4.79 Å². The molecule has 0 amide bonds. The highest BCUT2D eigenvalue weighted by molar-refractivity contribution is 7.80. The van der Waals surface area contributed by atoms with Crippen molar-refractivity contribution in [1.82, 2.24) is 0 Å². The van der Waals surface area contributed by atoms with E-state index in [9.17, 15) is 14.7 Å². The predicted molar refractivity (Wildman–Crippen MR) is 80.3 cm³/mol. The van der Waals surface area contributed by atoms with Crippen LogP contribution < -0.4 is 4.90 Å². The number of anilines is 1. The fourth-order valence-corrected chi connectivity index (χ4v) is 2.19. The Balaban J connectivity index is 2.85. The van der Waals surface area contributed by atoms with Crippen molar-refractivity contribution in [3.05, 3.63) is 30.3 Å². The molecule has 0 radical (unpaired) electrons. The molecule has 1 aromatic carbocycles. The second kappa shape index (κ2) is 8.47. The van der Waals surface area contributed by atoms with Crippen LogP contribution in [0.25, 0.3) is 0 Å². The lowest BCUT2D eigenvalue weighted by Gasteiger charge is -2.29. The van der Waals surface area contributed by atoms with Crippen molar-refractivity contribution in [2.24, 2.45) is 0 Å². The molecule has 5 nitrogen and oxygen atoms in total. The van der Waals surface area contributed by atoms with Gasteiger partial charge in [0.1, 0.15) is 6.04 Å². The second-order valence-corrected chi connectivity index (χ2v) is 4.49. The van der Waals surface area contributed by atoms with Gasteiger partial charge in [0.25, 0.3) is 0 Å². The Morgan fingerprint density at radius 1 is 1.35 bits per heavy atom. The van der Waals surface area contributed by atoms with Gasteiger partial charge in [-0.05, 0) is 19.1 Å². The number of hydrogen-bond acceptors (Lipinski definition) is 5. The Labute approximate surface area is 123 Å². The number of aliphatic carboxylic acids is 1. The van der Waals surface area contributed by atoms with Gasteiger partial charge < -0.3 is 14.7 Å². The van der Waals surface area contributed by atoms with Gasteiger partial charge in [-0.15, -0.1) is 0 Å². The first-order valence-electron chi connectivity index (χ1n) is 6.41. The van der Waals surface area contributed by atoms with Crippen LogP contribution in [-0.4, -0.2) is 42.0 Å². The van der Waals surface area contributed by atoms with Crippen LogP contribution in [-0.2, 0) is 14.3 Å². The predicted octanol–water partition coefficient (Wildman–Crippen LogP) is 1.83. The molecule has 1 atom stereocenters. The molecule has 0 saturated heterocycles. The molecule has 0 aliphatic carbocycles. The number of rotatable bonds is 8. The molecule has 0 bridgehead atoms. The normalized spacial score (nSPS) is 11.7. The standard InChI is InChI=1S/C14H19NO4S/c1-2-19-13(16)8-9-15(12(10-20)14(17)18)11-6-4-3-5-7-11/h3-7,12,20H,2,8-10H2,1H3,(H,17,18). The number of carboxylic acids is 1. The van der Waals surface area contributed by atoms with E-state index in [4.69, 9.17) is 4.74 Å². The summed E-state index contributed by atoms with van der Waals surface area (Å²) < 4.78 is 4.87. The van der Waals surface area contributed by atoms with E-state index in [0.29, 0.717) is 6.61 Å². The van der Waals surface area contributed by atoms with Crippen molar-refractivity contribution in [2.45, 2.75) is 19.4 Å². The second-order valence-electron chi connectivity index (χ2n) is 4.12. The zero-order valence-electron chi connectivity index (χ0n) is 11.4. The summed E-state index contributed by atoms with van der Waals surface area (Å²) in [6.07, 6.45) is 0.139. The average molecular weight is 297 g/mol. The molecule has 0 aromatic heterocycles. The maximum Gasteiger partial charge on any atom is 0.327 e. The number of para-hydroxylation sites is 1. The first-order chi connectivity index (χ1) is 9.60. The lowest BCUT2D eigenvalue weighted by molar-refractivity contribution is -0.143. The summed E-state index contributed by atoms with van der Waals surface area (Å²) in [7, 11) is 0. The van der Waals surface area contributed by atoms with Crippen molar-refractivity contribution in [2.75, 3.05) is 23.8 Å². The fraction of sp³-hybridized carbons (Fsp3) is 0.429. The number of esters is 1. The summed E-state index contributed by atoms with van der Waals surface area (Å²) in [6, 6.07) is 8.34. The first-order valence-corrected chi connectivity index (χ1v) is 7.04. The summed E-state index contributed by atoms with van der Waals surface area (Å²) >= 11 is 4.09. The van der Waals surface area contributed by atoms with E-state index < -0.39 is 12.0 Å². The third-order valence-electron chi connectivity index (χ3n) is 2.78. The third kappa shape index (κ3) is 4.77. The number of benzene rings is 1. The molecule has 1 N–H and O–H groups in total. The van der Waals surface area contributed by atoms with E-state index in [1.807, 2.05) is 30.3 Å². The number of carbonyl (C=O) groups is 2. The van der Waals surface area contributed by atoms with Gasteiger partial charge in [0.05, 0.1) is 13.0 Å². The van der Waals surface area contributed by atoms with Gasteiger partial charge >= 0.3 is 11.9 Å². The van der Waals surface area contributed by atoms with Crippen LogP contribution in [0, 0.1) is 0 Å². The van der Waals surface area contributed by atoms with Crippen LogP contribution >= 0.6 is 12.6 Å². The monoisotopic (exact) mass is 297 g/mol. The van der Waals surface area contributed by atoms with Gasteiger partial charge in [0.15, 0.2) is 0 Å². The highest BCUT2D eigenvalue weighted by Crippen LogP contribution is 2.18. The van der Waals surface area contributed by atoms with Gasteiger partial charge in [0, 0.05) is 18.0 Å². The van der Waals surface area contributed by atoms with E-state index in [2.05, 4.69) is 12.6 Å². The molecular formula is C14H19NO4S. The molecule has 0 aliphatic rings. The quantitative estimate of drug-likeness (QED) is 0.566. The zero-order valence-corrected chi connectivity index (χ0v) is 12.3. The third-order valence-corrected chi connectivity index (χ3v) is 3.13. The van der Waals surface area contributed by atoms with Crippen LogP contribution in [0.4, 0.5) is 5.69 Å². The number of carbonyl (C=O) groups excluding carboxylic acids is 1. The van der Waals surface area contributed by atoms with E-state index in [1.165, 1.54) is 0 Å². The lowest BCUT2D eigenvalue weighted by atomic mass is 10.2. The van der Waals surface area contributed by atoms with E-state index in [-0.39, 0.29) is 24.7 Å². The van der Waals surface area contributed by atoms with E-state index in [1.54, 1.807) is 11.8 Å². The Bertz CT molecular complexity index is 438. The van der Waals surface area contributed by atoms with Gasteiger partial charge in [-0.3, -0.25) is 4.79 Å². The van der Waals surface area contributed by atoms with Crippen molar-refractivity contribution in [3.63, 3.8) is 0 Å². The molecule has 6 heteroatoms. The van der Waals surface area contributed by atoms with Crippen LogP contribution in [0.2, 0.25) is 0 Å². The van der Waals surface area contributed by atoms with Crippen LogP contribution in [0.15, 0.2) is 30.3 Å². The van der Waals surface area contributed by atoms with Crippen LogP contribution in [0.3, 0.4) is 0 Å². The summed E-state index contributed by atoms with van der Waals surface area (Å²) in [5, 5.41) is 9.27. The molecule has 0 fully saturated rings. The Morgan fingerprint density at radius 3 is 2.50 bits per heavy atom. The maximum atomic E-state index is 11.4. The minimum Gasteiger partial charge on any atom is -0.480 e. The molecule has 110 valence electrons. The molecule has 20 heavy (non-hydrogen) atoms. The van der Waals surface area contributed by atoms with Crippen LogP contribution in [0.5, 0.6) is 0 Å². The molecule has 0 spiro atoms. The maximum absolute atomic E-state index is 11.4. The Kier molecular flexibility index (Phi) is 6.93. The van der Waals surface area contributed by atoms with E-state index in [0.717, 1.165) is 5.69 Å². The summed E-state index contributed by atoms with van der Waals surface area (Å²) in [5.41, 5.74) is 0.748. The molecule has 0 heterocycles. The van der Waals surface area contributed by atoms with Crippen molar-refractivity contribution < 1.29 is 19.4 Å². The number of thiol groups is 1. The molecule has 1 rings (SSSR count). The largest absolute Gasteiger partial charge is 0.480 e. The Morgan fingerprint density at radius 2 is 2.00 bits per heavy atom. The fourth-order valence-electron chi connectivity index (χ4n) is 1.84. The minimum absolute atomic E-state index is 0.139. The zero-order chi connectivity index (χ0) is 15.0. The summed E-state index contributed by atoms with van der Waals surface area (Å²) in [6.45, 7) is 2.33. The number of ether oxygens (including phenoxy) is 1. The smallest absolute Gasteiger partial charge is 0.327 e. The van der Waals surface area contributed by atoms with E-state index >= 15 is 0 Å². The SMILES string of the molecule is CCOC(=O)CCN(c1ccccc1)C(CS)C(=O)O. The Hall–Kier alpha value is -1.69. The van der Waals surface area contributed by atoms with Crippen molar-refractivity contribution in [3.8, 4) is 0 Å². The number of carboxylic acid groups (broad SMARTS) is 1. The number of nitrogens with zero attached hydrogens (tertiary/aromatic N) is 1. The molecule has 1 aromatic rings. The summed E-state index contributed by atoms with van der Waals surface area (Å²) in [5.74, 6) is -1.14. The van der Waals surface area contributed by atoms with Gasteiger partial charge in [0.2, 0.25) is 0 Å². The topological polar surface area (TPSA) is 66.8 Å². The van der Waals surface area contributed by atoms with Gasteiger partial charge in [-0.1, -0.05) is 18.2 Å². The van der Waals surface area contributed by atoms with Gasteiger partial charge in [-0.2, -0.15) is 12.6 Å². The van der Waals surface area contributed by atoms with Crippen molar-refractivity contribution in [1.29, 1.82) is 0 Å². The minimum atomic E-state index is -0.965. The molecule has 0 saturated carbocycles. The molecule has 1 unspecified atom stereocenters. The number of hydrogen-bond donors (Lipinski definition) is 2. The molecule has 0 aliphatic heterocycles. The highest BCUT2D eigenvalue weighted by Gasteiger charge is 2.25. The lowest BCUT2D eigenvalue weighted by Crippen LogP contribution is -2.44. The van der Waals surface area contributed by atoms with Crippen molar-refractivity contribution >= 4 is 30.3 Å². The van der Waals surface area contributed by atoms with Crippen LogP contribution in [0.1, 0.15) is 13.3 Å². The molecular weight excluding hydrogens is 278 g/mol.